The molecule has 3 heterocycles. The molecule has 5 atom stereocenters. The summed E-state index contributed by atoms with van der Waals surface area (Å²) in [6, 6.07) is 2.93. The maximum absolute atomic E-state index is 13.9. The van der Waals surface area contributed by atoms with E-state index in [-0.39, 0.29) is 11.3 Å². The third-order valence-electron chi connectivity index (χ3n) is 5.12. The normalized spacial score (nSPS) is 25.4. The van der Waals surface area contributed by atoms with Gasteiger partial charge in [-0.05, 0) is 18.2 Å². The lowest BCUT2D eigenvalue weighted by Crippen LogP contribution is -2.55. The average Bonchev–Trinajstić information content (AvgIpc) is 3.27. The number of hydrogen-bond donors (Lipinski definition) is 2. The second-order valence-electron chi connectivity index (χ2n) is 7.20. The highest BCUT2D eigenvalue weighted by Gasteiger charge is 2.47. The summed E-state index contributed by atoms with van der Waals surface area (Å²) in [5, 5.41) is 28.5. The number of benzene rings is 1. The number of hydrogen-bond acceptors (Lipinski definition) is 8. The first kappa shape index (κ1) is 24.3. The van der Waals surface area contributed by atoms with Crippen LogP contribution in [0.3, 0.4) is 0 Å². The van der Waals surface area contributed by atoms with Gasteiger partial charge in [0.2, 0.25) is 0 Å². The quantitative estimate of drug-likeness (QED) is 0.479. The van der Waals surface area contributed by atoms with E-state index in [1.165, 1.54) is 35.9 Å². The number of thioether (sulfide) groups is 1. The summed E-state index contributed by atoms with van der Waals surface area (Å²) >= 11 is 12.8. The Morgan fingerprint density at radius 3 is 2.58 bits per heavy atom. The Bertz CT molecular complexity index is 1120. The van der Waals surface area contributed by atoms with Crippen molar-refractivity contribution in [3.05, 3.63) is 58.5 Å². The molecule has 0 radical (unpaired) electrons. The summed E-state index contributed by atoms with van der Waals surface area (Å²) in [6.45, 7) is -0.464. The summed E-state index contributed by atoms with van der Waals surface area (Å²) in [4.78, 5) is 4.73. The molecule has 8 nitrogen and oxygen atoms in total. The van der Waals surface area contributed by atoms with Crippen molar-refractivity contribution in [3.63, 3.8) is 0 Å². The van der Waals surface area contributed by atoms with E-state index in [1.54, 1.807) is 12.3 Å². The van der Waals surface area contributed by atoms with Gasteiger partial charge >= 0.3 is 0 Å². The highest BCUT2D eigenvalue weighted by Crippen LogP contribution is 2.40. The standard InChI is InChI=1S/C20H18Cl2F2N4O4S/c1-31-19-17(28-7-14(26-27-28)9-2-12(23)16(22)13(24)3-9)18(30)15(8-29)32-20(19)33-11-4-10(21)5-25-6-11/h2-7,15,17-20,29-30H,8H2,1H3/t15?,17?,18-,19?,20+/m0/s1. The van der Waals surface area contributed by atoms with Gasteiger partial charge in [0.1, 0.15) is 52.1 Å². The molecule has 13 heteroatoms. The fraction of sp³-hybridized carbons (Fsp3) is 0.350. The van der Waals surface area contributed by atoms with E-state index in [0.717, 1.165) is 12.1 Å². The third kappa shape index (κ3) is 4.99. The van der Waals surface area contributed by atoms with E-state index in [0.29, 0.717) is 9.92 Å². The van der Waals surface area contributed by atoms with Crippen LogP contribution in [0.15, 0.2) is 41.7 Å². The average molecular weight is 519 g/mol. The van der Waals surface area contributed by atoms with Crippen LogP contribution in [-0.2, 0) is 9.47 Å². The predicted molar refractivity (Wildman–Crippen MR) is 117 cm³/mol. The molecular weight excluding hydrogens is 501 g/mol. The van der Waals surface area contributed by atoms with Gasteiger partial charge in [-0.3, -0.25) is 4.98 Å². The molecule has 1 aliphatic rings. The SMILES string of the molecule is COC1C(n2cc(-c3cc(F)c(Cl)c(F)c3)nn2)[C@@H](O)C(CO)O[C@@H]1Sc1cncc(Cl)c1. The zero-order valence-electron chi connectivity index (χ0n) is 17.0. The van der Waals surface area contributed by atoms with E-state index in [9.17, 15) is 19.0 Å². The van der Waals surface area contributed by atoms with Crippen LogP contribution in [-0.4, -0.2) is 67.7 Å². The zero-order chi connectivity index (χ0) is 23.7. The molecule has 3 unspecified atom stereocenters. The van der Waals surface area contributed by atoms with Crippen molar-refractivity contribution in [3.8, 4) is 11.3 Å². The maximum Gasteiger partial charge on any atom is 0.145 e. The van der Waals surface area contributed by atoms with E-state index < -0.39 is 53.1 Å². The predicted octanol–water partition coefficient (Wildman–Crippen LogP) is 3.35. The van der Waals surface area contributed by atoms with Gasteiger partial charge in [-0.15, -0.1) is 5.10 Å². The van der Waals surface area contributed by atoms with Gasteiger partial charge in [0.05, 0.1) is 17.8 Å². The largest absolute Gasteiger partial charge is 0.394 e. The van der Waals surface area contributed by atoms with Gasteiger partial charge in [-0.2, -0.15) is 0 Å². The summed E-state index contributed by atoms with van der Waals surface area (Å²) in [6.07, 6.45) is 1.58. The van der Waals surface area contributed by atoms with Crippen LogP contribution in [0.25, 0.3) is 11.3 Å². The highest BCUT2D eigenvalue weighted by molar-refractivity contribution is 7.99. The third-order valence-corrected chi connectivity index (χ3v) is 6.80. The van der Waals surface area contributed by atoms with Crippen molar-refractivity contribution >= 4 is 35.0 Å². The summed E-state index contributed by atoms with van der Waals surface area (Å²) < 4.78 is 40.6. The maximum atomic E-state index is 13.9. The van der Waals surface area contributed by atoms with Crippen LogP contribution in [0.5, 0.6) is 0 Å². The number of rotatable bonds is 6. The van der Waals surface area contributed by atoms with Gasteiger partial charge < -0.3 is 19.7 Å². The molecule has 0 amide bonds. The van der Waals surface area contributed by atoms with Gasteiger partial charge in [0.15, 0.2) is 0 Å². The lowest BCUT2D eigenvalue weighted by Gasteiger charge is -2.43. The first-order valence-corrected chi connectivity index (χ1v) is 11.3. The van der Waals surface area contributed by atoms with Gasteiger partial charge in [0.25, 0.3) is 0 Å². The van der Waals surface area contributed by atoms with E-state index in [1.807, 2.05) is 0 Å². The number of aliphatic hydroxyl groups excluding tert-OH is 2. The Balaban J connectivity index is 1.67. The second kappa shape index (κ2) is 10.2. The smallest absolute Gasteiger partial charge is 0.145 e. The Hall–Kier alpha value is -1.86. The van der Waals surface area contributed by atoms with Crippen LogP contribution < -0.4 is 0 Å². The van der Waals surface area contributed by atoms with Crippen LogP contribution in [0.4, 0.5) is 8.78 Å². The summed E-state index contributed by atoms with van der Waals surface area (Å²) in [5.74, 6) is -1.87. The van der Waals surface area contributed by atoms with Gasteiger partial charge in [0, 0.05) is 30.0 Å². The van der Waals surface area contributed by atoms with Crippen molar-refractivity contribution in [2.24, 2.45) is 0 Å². The van der Waals surface area contributed by atoms with Crippen LogP contribution >= 0.6 is 35.0 Å². The fourth-order valence-corrected chi connectivity index (χ4v) is 5.10. The van der Waals surface area contributed by atoms with E-state index >= 15 is 0 Å². The first-order chi connectivity index (χ1) is 15.8. The monoisotopic (exact) mass is 518 g/mol. The second-order valence-corrected chi connectivity index (χ2v) is 9.19. The number of pyridine rings is 1. The zero-order valence-corrected chi connectivity index (χ0v) is 19.3. The molecule has 0 aliphatic carbocycles. The van der Waals surface area contributed by atoms with Crippen molar-refractivity contribution < 1.29 is 28.5 Å². The molecular formula is C20H18Cl2F2N4O4S. The molecule has 2 N–H and O–H groups in total. The topological polar surface area (TPSA) is 103 Å². The van der Waals surface area contributed by atoms with Gasteiger partial charge in [-0.1, -0.05) is 40.2 Å². The fourth-order valence-electron chi connectivity index (χ4n) is 3.56. The number of ether oxygens (including phenoxy) is 2. The van der Waals surface area contributed by atoms with Crippen LogP contribution in [0.1, 0.15) is 6.04 Å². The van der Waals surface area contributed by atoms with E-state index in [4.69, 9.17) is 32.7 Å². The molecule has 1 aliphatic heterocycles. The molecule has 0 saturated carbocycles. The molecule has 1 saturated heterocycles. The number of aromatic nitrogens is 4. The summed E-state index contributed by atoms with van der Waals surface area (Å²) in [7, 11) is 1.44. The van der Waals surface area contributed by atoms with Crippen molar-refractivity contribution in [1.29, 1.82) is 0 Å². The molecule has 1 fully saturated rings. The Kier molecular flexibility index (Phi) is 7.49. The van der Waals surface area contributed by atoms with Crippen LogP contribution in [0.2, 0.25) is 10.0 Å². The highest BCUT2D eigenvalue weighted by atomic mass is 35.5. The first-order valence-electron chi connectivity index (χ1n) is 9.63. The molecule has 3 aromatic rings. The van der Waals surface area contributed by atoms with Crippen molar-refractivity contribution in [2.75, 3.05) is 13.7 Å². The molecule has 2 aromatic heterocycles. The number of aliphatic hydroxyl groups is 2. The lowest BCUT2D eigenvalue weighted by molar-refractivity contribution is -0.186. The molecule has 0 spiro atoms. The number of methoxy groups -OCH3 is 1. The number of halogens is 4. The van der Waals surface area contributed by atoms with E-state index in [2.05, 4.69) is 15.3 Å². The lowest BCUT2D eigenvalue weighted by atomic mass is 9.97. The molecule has 0 bridgehead atoms. The minimum atomic E-state index is -1.22. The van der Waals surface area contributed by atoms with Gasteiger partial charge in [-0.25, -0.2) is 13.5 Å². The molecule has 1 aromatic carbocycles. The summed E-state index contributed by atoms with van der Waals surface area (Å²) in [5.41, 5.74) is -0.411. The molecule has 33 heavy (non-hydrogen) atoms. The molecule has 4 rings (SSSR count). The minimum Gasteiger partial charge on any atom is -0.394 e. The Morgan fingerprint density at radius 1 is 1.21 bits per heavy atom. The van der Waals surface area contributed by atoms with Crippen molar-refractivity contribution in [1.82, 2.24) is 20.0 Å². The Morgan fingerprint density at radius 2 is 1.94 bits per heavy atom. The minimum absolute atomic E-state index is 0.116. The van der Waals surface area contributed by atoms with Crippen molar-refractivity contribution in [2.45, 2.75) is 34.7 Å². The molecule has 176 valence electrons. The number of nitrogens with zero attached hydrogens (tertiary/aromatic N) is 4. The van der Waals surface area contributed by atoms with Crippen LogP contribution in [0, 0.1) is 11.6 Å². The Labute approximate surface area is 201 Å².